The third-order valence-corrected chi connectivity index (χ3v) is 3.36. The van der Waals surface area contributed by atoms with E-state index in [-0.39, 0.29) is 17.5 Å². The molecule has 82 valence electrons. The maximum atomic E-state index is 11.7. The molecule has 1 aliphatic rings. The van der Waals surface area contributed by atoms with Crippen molar-refractivity contribution in [3.8, 4) is 0 Å². The lowest BCUT2D eigenvalue weighted by Crippen LogP contribution is -2.29. The van der Waals surface area contributed by atoms with Crippen LogP contribution < -0.4 is 0 Å². The fourth-order valence-corrected chi connectivity index (χ4v) is 1.72. The summed E-state index contributed by atoms with van der Waals surface area (Å²) in [6, 6.07) is 0. The molecule has 0 aromatic carbocycles. The molecular formula is C12H22O2. The Hall–Kier alpha value is -0.530. The molecule has 1 aliphatic carbocycles. The Morgan fingerprint density at radius 1 is 1.43 bits per heavy atom. The smallest absolute Gasteiger partial charge is 0.311 e. The van der Waals surface area contributed by atoms with E-state index < -0.39 is 0 Å². The van der Waals surface area contributed by atoms with Gasteiger partial charge in [-0.1, -0.05) is 13.8 Å². The summed E-state index contributed by atoms with van der Waals surface area (Å²) in [7, 11) is 0. The second-order valence-electron chi connectivity index (χ2n) is 5.18. The van der Waals surface area contributed by atoms with Crippen LogP contribution in [0.5, 0.6) is 0 Å². The predicted octanol–water partition coefficient (Wildman–Crippen LogP) is 3.15. The monoisotopic (exact) mass is 198 g/mol. The Balaban J connectivity index is 2.41. The molecule has 1 saturated carbocycles. The van der Waals surface area contributed by atoms with Gasteiger partial charge in [0.2, 0.25) is 0 Å². The Labute approximate surface area is 87.0 Å². The summed E-state index contributed by atoms with van der Waals surface area (Å²) in [5.41, 5.74) is -0.314. The predicted molar refractivity (Wildman–Crippen MR) is 57.0 cm³/mol. The molecule has 0 radical (unpaired) electrons. The molecular weight excluding hydrogens is 176 g/mol. The Morgan fingerprint density at radius 2 is 2.07 bits per heavy atom. The molecule has 0 bridgehead atoms. The van der Waals surface area contributed by atoms with Crippen molar-refractivity contribution < 1.29 is 9.53 Å². The molecule has 0 aromatic heterocycles. The van der Waals surface area contributed by atoms with Gasteiger partial charge in [-0.3, -0.25) is 4.79 Å². The summed E-state index contributed by atoms with van der Waals surface area (Å²) >= 11 is 0. The first-order valence-corrected chi connectivity index (χ1v) is 5.66. The van der Waals surface area contributed by atoms with Crippen LogP contribution in [0.3, 0.4) is 0 Å². The van der Waals surface area contributed by atoms with Gasteiger partial charge in [-0.05, 0) is 45.4 Å². The maximum Gasteiger partial charge on any atom is 0.311 e. The summed E-state index contributed by atoms with van der Waals surface area (Å²) in [5.74, 6) is 0.691. The lowest BCUT2D eigenvalue weighted by atomic mass is 9.90. The van der Waals surface area contributed by atoms with Crippen molar-refractivity contribution in [1.29, 1.82) is 0 Å². The quantitative estimate of drug-likeness (QED) is 0.651. The largest absolute Gasteiger partial charge is 0.462 e. The van der Waals surface area contributed by atoms with Gasteiger partial charge in [-0.15, -0.1) is 0 Å². The minimum absolute atomic E-state index is 0.0286. The number of esters is 1. The SMILES string of the molecule is CCC(C)(C)C(=O)OC1CCC(C)C1. The molecule has 0 heterocycles. The van der Waals surface area contributed by atoms with E-state index in [0.29, 0.717) is 0 Å². The van der Waals surface area contributed by atoms with E-state index in [1.54, 1.807) is 0 Å². The van der Waals surface area contributed by atoms with E-state index in [4.69, 9.17) is 4.74 Å². The zero-order valence-corrected chi connectivity index (χ0v) is 9.80. The highest BCUT2D eigenvalue weighted by atomic mass is 16.5. The first kappa shape index (κ1) is 11.5. The minimum atomic E-state index is -0.314. The topological polar surface area (TPSA) is 26.3 Å². The Morgan fingerprint density at radius 3 is 2.50 bits per heavy atom. The van der Waals surface area contributed by atoms with E-state index in [1.807, 2.05) is 20.8 Å². The zero-order chi connectivity index (χ0) is 10.8. The number of hydrogen-bond acceptors (Lipinski definition) is 2. The molecule has 0 spiro atoms. The summed E-state index contributed by atoms with van der Waals surface area (Å²) < 4.78 is 5.50. The van der Waals surface area contributed by atoms with Crippen molar-refractivity contribution in [2.45, 2.75) is 59.5 Å². The van der Waals surface area contributed by atoms with E-state index >= 15 is 0 Å². The second-order valence-corrected chi connectivity index (χ2v) is 5.18. The lowest BCUT2D eigenvalue weighted by Gasteiger charge is -2.23. The van der Waals surface area contributed by atoms with Gasteiger partial charge in [-0.25, -0.2) is 0 Å². The van der Waals surface area contributed by atoms with E-state index in [0.717, 1.165) is 25.2 Å². The van der Waals surface area contributed by atoms with Crippen LogP contribution in [0.1, 0.15) is 53.4 Å². The van der Waals surface area contributed by atoms with Gasteiger partial charge in [0, 0.05) is 0 Å². The molecule has 2 nitrogen and oxygen atoms in total. The summed E-state index contributed by atoms with van der Waals surface area (Å²) in [4.78, 5) is 11.7. The molecule has 2 heteroatoms. The maximum absolute atomic E-state index is 11.7. The third kappa shape index (κ3) is 2.73. The molecule has 1 rings (SSSR count). The number of ether oxygens (including phenoxy) is 1. The summed E-state index contributed by atoms with van der Waals surface area (Å²) in [5, 5.41) is 0. The van der Waals surface area contributed by atoms with Gasteiger partial charge >= 0.3 is 5.97 Å². The number of rotatable bonds is 3. The summed E-state index contributed by atoms with van der Waals surface area (Å²) in [6.07, 6.45) is 4.32. The number of carbonyl (C=O) groups is 1. The van der Waals surface area contributed by atoms with Crippen LogP contribution in [0, 0.1) is 11.3 Å². The van der Waals surface area contributed by atoms with Gasteiger partial charge in [0.05, 0.1) is 5.41 Å². The van der Waals surface area contributed by atoms with Gasteiger partial charge in [0.1, 0.15) is 6.10 Å². The highest BCUT2D eigenvalue weighted by Crippen LogP contribution is 2.30. The van der Waals surface area contributed by atoms with Crippen LogP contribution >= 0.6 is 0 Å². The molecule has 0 aliphatic heterocycles. The second kappa shape index (κ2) is 4.33. The van der Waals surface area contributed by atoms with Crippen LogP contribution in [-0.4, -0.2) is 12.1 Å². The molecule has 0 amide bonds. The van der Waals surface area contributed by atoms with Crippen LogP contribution in [0.25, 0.3) is 0 Å². The average Bonchev–Trinajstić information content (AvgIpc) is 2.51. The molecule has 2 atom stereocenters. The zero-order valence-electron chi connectivity index (χ0n) is 9.80. The van der Waals surface area contributed by atoms with E-state index in [2.05, 4.69) is 6.92 Å². The normalized spacial score (nSPS) is 27.7. The van der Waals surface area contributed by atoms with Gasteiger partial charge in [-0.2, -0.15) is 0 Å². The molecule has 1 fully saturated rings. The highest BCUT2D eigenvalue weighted by molar-refractivity contribution is 5.76. The fraction of sp³-hybridized carbons (Fsp3) is 0.917. The van der Waals surface area contributed by atoms with Crippen molar-refractivity contribution in [3.05, 3.63) is 0 Å². The number of hydrogen-bond donors (Lipinski definition) is 0. The minimum Gasteiger partial charge on any atom is -0.462 e. The van der Waals surface area contributed by atoms with Crippen LogP contribution in [0.2, 0.25) is 0 Å². The van der Waals surface area contributed by atoms with Crippen LogP contribution in [-0.2, 0) is 9.53 Å². The van der Waals surface area contributed by atoms with E-state index in [1.165, 1.54) is 6.42 Å². The standard InChI is InChI=1S/C12H22O2/c1-5-12(3,4)11(13)14-10-7-6-9(2)8-10/h9-10H,5-8H2,1-4H3. The average molecular weight is 198 g/mol. The van der Waals surface area contributed by atoms with Gasteiger partial charge < -0.3 is 4.74 Å². The third-order valence-electron chi connectivity index (χ3n) is 3.36. The van der Waals surface area contributed by atoms with E-state index in [9.17, 15) is 4.79 Å². The number of carbonyl (C=O) groups excluding carboxylic acids is 1. The van der Waals surface area contributed by atoms with Crippen LogP contribution in [0.4, 0.5) is 0 Å². The van der Waals surface area contributed by atoms with Crippen LogP contribution in [0.15, 0.2) is 0 Å². The molecule has 14 heavy (non-hydrogen) atoms. The highest BCUT2D eigenvalue weighted by Gasteiger charge is 2.31. The van der Waals surface area contributed by atoms with Gasteiger partial charge in [0.25, 0.3) is 0 Å². The Bertz CT molecular complexity index is 208. The molecule has 2 unspecified atom stereocenters. The Kier molecular flexibility index (Phi) is 3.57. The van der Waals surface area contributed by atoms with Gasteiger partial charge in [0.15, 0.2) is 0 Å². The first-order valence-electron chi connectivity index (χ1n) is 5.66. The molecule has 0 aromatic rings. The van der Waals surface area contributed by atoms with Crippen molar-refractivity contribution in [2.24, 2.45) is 11.3 Å². The van der Waals surface area contributed by atoms with Crippen molar-refractivity contribution >= 4 is 5.97 Å². The fourth-order valence-electron chi connectivity index (χ4n) is 1.72. The lowest BCUT2D eigenvalue weighted by molar-refractivity contribution is -0.159. The van der Waals surface area contributed by atoms with Crippen molar-refractivity contribution in [1.82, 2.24) is 0 Å². The van der Waals surface area contributed by atoms with Crippen molar-refractivity contribution in [2.75, 3.05) is 0 Å². The summed E-state index contributed by atoms with van der Waals surface area (Å²) in [6.45, 7) is 8.15. The first-order chi connectivity index (χ1) is 6.45. The van der Waals surface area contributed by atoms with Crippen molar-refractivity contribution in [3.63, 3.8) is 0 Å². The molecule has 0 N–H and O–H groups in total. The molecule has 0 saturated heterocycles.